The Morgan fingerprint density at radius 3 is 2.69 bits per heavy atom. The molecule has 0 radical (unpaired) electrons. The fourth-order valence-corrected chi connectivity index (χ4v) is 0.856. The molecule has 0 bridgehead atoms. The van der Waals surface area contributed by atoms with Crippen LogP contribution in [0.1, 0.15) is 12.5 Å². The zero-order valence-electron chi connectivity index (χ0n) is 7.05. The second-order valence-corrected chi connectivity index (χ2v) is 2.59. The summed E-state index contributed by atoms with van der Waals surface area (Å²) in [5.41, 5.74) is 0.0789. The third-order valence-corrected chi connectivity index (χ3v) is 1.48. The lowest BCUT2D eigenvalue weighted by atomic mass is 10.2. The van der Waals surface area contributed by atoms with Gasteiger partial charge >= 0.3 is 0 Å². The molecule has 1 aromatic rings. The number of allylic oxidation sites excluding steroid dienone is 1. The number of carbonyl (C=O) groups is 1. The SMILES string of the molecule is CC(=O)C=Cc1cccc(F)c1F. The summed E-state index contributed by atoms with van der Waals surface area (Å²) in [5, 5.41) is 0. The quantitative estimate of drug-likeness (QED) is 0.642. The number of carbonyl (C=O) groups excluding carboxylic acids is 1. The van der Waals surface area contributed by atoms with Gasteiger partial charge in [0.2, 0.25) is 0 Å². The molecular weight excluding hydrogens is 174 g/mol. The first-order valence-electron chi connectivity index (χ1n) is 3.74. The van der Waals surface area contributed by atoms with E-state index in [9.17, 15) is 13.6 Å². The highest BCUT2D eigenvalue weighted by Gasteiger charge is 2.03. The fourth-order valence-electron chi connectivity index (χ4n) is 0.856. The predicted molar refractivity (Wildman–Crippen MR) is 46.1 cm³/mol. The van der Waals surface area contributed by atoms with Crippen LogP contribution in [0.5, 0.6) is 0 Å². The molecule has 0 saturated carbocycles. The molecule has 0 aliphatic heterocycles. The molecule has 0 saturated heterocycles. The van der Waals surface area contributed by atoms with Gasteiger partial charge in [0.1, 0.15) is 0 Å². The number of halogens is 2. The molecule has 0 aliphatic rings. The van der Waals surface area contributed by atoms with Gasteiger partial charge in [-0.15, -0.1) is 0 Å². The Bertz CT molecular complexity index is 356. The Balaban J connectivity index is 3.02. The number of rotatable bonds is 2. The van der Waals surface area contributed by atoms with Gasteiger partial charge in [-0.05, 0) is 25.1 Å². The maximum absolute atomic E-state index is 12.9. The Kier molecular flexibility index (Phi) is 2.90. The Hall–Kier alpha value is -1.51. The first-order valence-corrected chi connectivity index (χ1v) is 3.74. The van der Waals surface area contributed by atoms with E-state index in [-0.39, 0.29) is 11.3 Å². The maximum atomic E-state index is 12.9. The lowest BCUT2D eigenvalue weighted by Gasteiger charge is -1.96. The molecule has 0 N–H and O–H groups in total. The highest BCUT2D eigenvalue weighted by Crippen LogP contribution is 2.12. The van der Waals surface area contributed by atoms with E-state index in [1.807, 2.05) is 0 Å². The Morgan fingerprint density at radius 2 is 2.08 bits per heavy atom. The van der Waals surface area contributed by atoms with Crippen LogP contribution in [0.25, 0.3) is 6.08 Å². The summed E-state index contributed by atoms with van der Waals surface area (Å²) in [6.45, 7) is 1.34. The van der Waals surface area contributed by atoms with Crippen LogP contribution in [-0.4, -0.2) is 5.78 Å². The lowest BCUT2D eigenvalue weighted by Crippen LogP contribution is -1.88. The normalized spacial score (nSPS) is 10.7. The van der Waals surface area contributed by atoms with E-state index < -0.39 is 11.6 Å². The number of benzene rings is 1. The first kappa shape index (κ1) is 9.58. The zero-order chi connectivity index (χ0) is 9.84. The van der Waals surface area contributed by atoms with E-state index in [0.29, 0.717) is 0 Å². The van der Waals surface area contributed by atoms with Crippen molar-refractivity contribution in [2.24, 2.45) is 0 Å². The van der Waals surface area contributed by atoms with Crippen molar-refractivity contribution < 1.29 is 13.6 Å². The van der Waals surface area contributed by atoms with Crippen LogP contribution < -0.4 is 0 Å². The van der Waals surface area contributed by atoms with Crippen LogP contribution in [0.15, 0.2) is 24.3 Å². The van der Waals surface area contributed by atoms with E-state index in [4.69, 9.17) is 0 Å². The van der Waals surface area contributed by atoms with E-state index >= 15 is 0 Å². The van der Waals surface area contributed by atoms with Gasteiger partial charge in [-0.3, -0.25) is 4.79 Å². The summed E-state index contributed by atoms with van der Waals surface area (Å²) in [4.78, 5) is 10.5. The summed E-state index contributed by atoms with van der Waals surface area (Å²) in [5.74, 6) is -2.05. The minimum Gasteiger partial charge on any atom is -0.295 e. The number of ketones is 1. The first-order chi connectivity index (χ1) is 6.11. The molecule has 0 amide bonds. The number of hydrogen-bond donors (Lipinski definition) is 0. The summed E-state index contributed by atoms with van der Waals surface area (Å²) in [7, 11) is 0. The van der Waals surface area contributed by atoms with Crippen LogP contribution in [0.2, 0.25) is 0 Å². The van der Waals surface area contributed by atoms with Gasteiger partial charge in [-0.25, -0.2) is 8.78 Å². The standard InChI is InChI=1S/C10H8F2O/c1-7(13)5-6-8-3-2-4-9(11)10(8)12/h2-6H,1H3. The molecule has 1 rings (SSSR count). The summed E-state index contributed by atoms with van der Waals surface area (Å²) in [6.07, 6.45) is 2.44. The van der Waals surface area contributed by atoms with Crippen LogP contribution in [0.3, 0.4) is 0 Å². The molecule has 1 nitrogen and oxygen atoms in total. The molecule has 0 spiro atoms. The Labute approximate surface area is 74.7 Å². The van der Waals surface area contributed by atoms with Crippen LogP contribution in [0, 0.1) is 11.6 Å². The molecule has 0 aromatic heterocycles. The predicted octanol–water partition coefficient (Wildman–Crippen LogP) is 2.57. The lowest BCUT2D eigenvalue weighted by molar-refractivity contribution is -0.112. The summed E-state index contributed by atoms with van der Waals surface area (Å²) in [6, 6.07) is 3.82. The van der Waals surface area contributed by atoms with Crippen molar-refractivity contribution in [3.05, 3.63) is 41.5 Å². The summed E-state index contributed by atoms with van der Waals surface area (Å²) >= 11 is 0. The average Bonchev–Trinajstić information content (AvgIpc) is 2.07. The summed E-state index contributed by atoms with van der Waals surface area (Å²) < 4.78 is 25.5. The average molecular weight is 182 g/mol. The molecular formula is C10H8F2O. The van der Waals surface area contributed by atoms with Gasteiger partial charge in [0, 0.05) is 5.56 Å². The molecule has 0 unspecified atom stereocenters. The third kappa shape index (κ3) is 2.47. The van der Waals surface area contributed by atoms with Crippen molar-refractivity contribution in [2.45, 2.75) is 6.92 Å². The van der Waals surface area contributed by atoms with Gasteiger partial charge in [0.05, 0.1) is 0 Å². The van der Waals surface area contributed by atoms with E-state index in [0.717, 1.165) is 6.07 Å². The zero-order valence-corrected chi connectivity index (χ0v) is 7.05. The monoisotopic (exact) mass is 182 g/mol. The van der Waals surface area contributed by atoms with Crippen molar-refractivity contribution in [3.63, 3.8) is 0 Å². The molecule has 68 valence electrons. The van der Waals surface area contributed by atoms with E-state index in [1.54, 1.807) is 0 Å². The largest absolute Gasteiger partial charge is 0.295 e. The molecule has 0 fully saturated rings. The van der Waals surface area contributed by atoms with Gasteiger partial charge in [-0.2, -0.15) is 0 Å². The molecule has 1 aromatic carbocycles. The second-order valence-electron chi connectivity index (χ2n) is 2.59. The van der Waals surface area contributed by atoms with Crippen molar-refractivity contribution >= 4 is 11.9 Å². The minimum absolute atomic E-state index is 0.0789. The number of hydrogen-bond acceptors (Lipinski definition) is 1. The molecule has 13 heavy (non-hydrogen) atoms. The van der Waals surface area contributed by atoms with Crippen LogP contribution in [-0.2, 0) is 4.79 Å². The van der Waals surface area contributed by atoms with Gasteiger partial charge in [0.25, 0.3) is 0 Å². The van der Waals surface area contributed by atoms with Crippen molar-refractivity contribution in [1.29, 1.82) is 0 Å². The van der Waals surface area contributed by atoms with E-state index in [2.05, 4.69) is 0 Å². The Morgan fingerprint density at radius 1 is 1.38 bits per heavy atom. The highest BCUT2D eigenvalue weighted by molar-refractivity contribution is 5.91. The minimum atomic E-state index is -0.931. The molecule has 3 heteroatoms. The molecule has 0 heterocycles. The van der Waals surface area contributed by atoms with Crippen LogP contribution >= 0.6 is 0 Å². The topological polar surface area (TPSA) is 17.1 Å². The molecule has 0 aliphatic carbocycles. The smallest absolute Gasteiger partial charge is 0.166 e. The van der Waals surface area contributed by atoms with E-state index in [1.165, 1.54) is 31.2 Å². The van der Waals surface area contributed by atoms with Gasteiger partial charge < -0.3 is 0 Å². The maximum Gasteiger partial charge on any atom is 0.166 e. The second kappa shape index (κ2) is 3.94. The van der Waals surface area contributed by atoms with Gasteiger partial charge in [0.15, 0.2) is 17.4 Å². The fraction of sp³-hybridized carbons (Fsp3) is 0.100. The highest BCUT2D eigenvalue weighted by atomic mass is 19.2. The molecule has 0 atom stereocenters. The van der Waals surface area contributed by atoms with Gasteiger partial charge in [-0.1, -0.05) is 12.1 Å². The van der Waals surface area contributed by atoms with Crippen molar-refractivity contribution in [1.82, 2.24) is 0 Å². The van der Waals surface area contributed by atoms with Crippen molar-refractivity contribution in [3.8, 4) is 0 Å². The van der Waals surface area contributed by atoms with Crippen molar-refractivity contribution in [2.75, 3.05) is 0 Å². The van der Waals surface area contributed by atoms with Crippen LogP contribution in [0.4, 0.5) is 8.78 Å². The third-order valence-electron chi connectivity index (χ3n) is 1.48.